The molecule has 3 aromatic rings. The largest absolute Gasteiger partial charge is 0.435 e. The van der Waals surface area contributed by atoms with Crippen LogP contribution in [-0.2, 0) is 16.2 Å². The Morgan fingerprint density at radius 1 is 0.938 bits per heavy atom. The highest BCUT2D eigenvalue weighted by Gasteiger charge is 2.43. The number of aromatic nitrogens is 3. The lowest BCUT2D eigenvalue weighted by Gasteiger charge is -2.14. The summed E-state index contributed by atoms with van der Waals surface area (Å²) in [7, 11) is -4.70. The van der Waals surface area contributed by atoms with Gasteiger partial charge in [-0.25, -0.2) is 17.8 Å². The Hall–Kier alpha value is -1.76. The van der Waals surface area contributed by atoms with Gasteiger partial charge in [0.2, 0.25) is 0 Å². The van der Waals surface area contributed by atoms with E-state index in [9.17, 15) is 26.4 Å². The third-order valence-corrected chi connectivity index (χ3v) is 6.60. The third kappa shape index (κ3) is 4.92. The Bertz CT molecular complexity index is 1320. The van der Waals surface area contributed by atoms with Gasteiger partial charge in [0.05, 0.1) is 15.1 Å². The minimum atomic E-state index is -5.22. The number of carbonyl (C=O) groups excluding carboxylic acids is 1. The first-order valence-corrected chi connectivity index (χ1v) is 11.3. The molecule has 1 aromatic heterocycles. The van der Waals surface area contributed by atoms with E-state index in [1.54, 1.807) is 0 Å². The number of rotatable bonds is 4. The van der Waals surface area contributed by atoms with Crippen LogP contribution in [0, 0.1) is 0 Å². The van der Waals surface area contributed by atoms with Crippen LogP contribution in [-0.4, -0.2) is 29.3 Å². The van der Waals surface area contributed by atoms with Crippen LogP contribution in [0.4, 0.5) is 13.2 Å². The zero-order valence-corrected chi connectivity index (χ0v) is 19.5. The maximum Gasteiger partial charge on any atom is 0.435 e. The molecule has 1 N–H and O–H groups in total. The van der Waals surface area contributed by atoms with Crippen LogP contribution in [0.1, 0.15) is 16.2 Å². The lowest BCUT2D eigenvalue weighted by Crippen LogP contribution is -2.33. The molecule has 1 amide bonds. The Kier molecular flexibility index (Phi) is 6.90. The molecule has 0 radical (unpaired) electrons. The van der Waals surface area contributed by atoms with E-state index in [-0.39, 0.29) is 29.8 Å². The van der Waals surface area contributed by atoms with Crippen molar-refractivity contribution in [3.05, 3.63) is 66.8 Å². The number of alkyl halides is 3. The van der Waals surface area contributed by atoms with E-state index in [0.29, 0.717) is 0 Å². The summed E-state index contributed by atoms with van der Waals surface area (Å²) in [5.41, 5.74) is -3.55. The van der Waals surface area contributed by atoms with Crippen LogP contribution in [0.5, 0.6) is 0 Å². The average Bonchev–Trinajstić information content (AvgIpc) is 3.05. The Morgan fingerprint density at radius 2 is 1.50 bits per heavy atom. The van der Waals surface area contributed by atoms with Crippen LogP contribution < -0.4 is 4.72 Å². The van der Waals surface area contributed by atoms with Crippen LogP contribution in [0.15, 0.2) is 35.2 Å². The van der Waals surface area contributed by atoms with Gasteiger partial charge >= 0.3 is 6.18 Å². The maximum absolute atomic E-state index is 13.8. The van der Waals surface area contributed by atoms with Crippen molar-refractivity contribution < 1.29 is 26.4 Å². The van der Waals surface area contributed by atoms with Gasteiger partial charge in [0.15, 0.2) is 11.4 Å². The summed E-state index contributed by atoms with van der Waals surface area (Å²) < 4.78 is 68.0. The molecule has 0 aliphatic heterocycles. The predicted octanol–water partition coefficient (Wildman–Crippen LogP) is 5.67. The first-order chi connectivity index (χ1) is 14.7. The molecular formula is C16H6Cl5F3N4O3S. The number of amides is 1. The first-order valence-electron chi connectivity index (χ1n) is 7.92. The Balaban J connectivity index is 2.10. The molecule has 7 nitrogen and oxygen atoms in total. The SMILES string of the molecule is O=C(NS(=O)(=O)c1ccc(Cl)cc1Cl)c1nnn(-c2c(Cl)cc(Cl)cc2Cl)c1C(F)(F)F. The van der Waals surface area contributed by atoms with Gasteiger partial charge in [0.1, 0.15) is 10.6 Å². The number of sulfonamides is 1. The van der Waals surface area contributed by atoms with Crippen molar-refractivity contribution >= 4 is 73.9 Å². The zero-order valence-electron chi connectivity index (χ0n) is 14.9. The third-order valence-electron chi connectivity index (χ3n) is 3.76. The fourth-order valence-electron chi connectivity index (χ4n) is 2.50. The summed E-state index contributed by atoms with van der Waals surface area (Å²) in [4.78, 5) is 11.9. The lowest BCUT2D eigenvalue weighted by atomic mass is 10.2. The number of nitrogens with zero attached hydrogens (tertiary/aromatic N) is 3. The lowest BCUT2D eigenvalue weighted by molar-refractivity contribution is -0.143. The van der Waals surface area contributed by atoms with E-state index >= 15 is 0 Å². The molecule has 16 heteroatoms. The van der Waals surface area contributed by atoms with Crippen LogP contribution in [0.25, 0.3) is 5.69 Å². The first kappa shape index (κ1) is 24.9. The Morgan fingerprint density at radius 3 is 2.03 bits per heavy atom. The van der Waals surface area contributed by atoms with Crippen LogP contribution in [0.3, 0.4) is 0 Å². The minimum absolute atomic E-state index is 0.0290. The van der Waals surface area contributed by atoms with Gasteiger partial charge in [-0.05, 0) is 30.3 Å². The molecule has 2 aromatic carbocycles. The topological polar surface area (TPSA) is 93.9 Å². The zero-order chi connectivity index (χ0) is 24.0. The number of hydrogen-bond donors (Lipinski definition) is 1. The molecule has 3 rings (SSSR count). The van der Waals surface area contributed by atoms with Gasteiger partial charge in [-0.1, -0.05) is 63.2 Å². The minimum Gasteiger partial charge on any atom is -0.266 e. The highest BCUT2D eigenvalue weighted by molar-refractivity contribution is 7.90. The molecule has 0 bridgehead atoms. The summed E-state index contributed by atoms with van der Waals surface area (Å²) in [6.07, 6.45) is -5.22. The molecule has 170 valence electrons. The van der Waals surface area contributed by atoms with Crippen molar-refractivity contribution in [1.82, 2.24) is 19.7 Å². The van der Waals surface area contributed by atoms with Crippen molar-refractivity contribution in [1.29, 1.82) is 0 Å². The summed E-state index contributed by atoms with van der Waals surface area (Å²) in [6, 6.07) is 5.39. The molecule has 0 spiro atoms. The van der Waals surface area contributed by atoms with Gasteiger partial charge in [-0.2, -0.15) is 13.2 Å². The second kappa shape index (κ2) is 8.88. The molecular weight excluding hydrogens is 563 g/mol. The monoisotopic (exact) mass is 566 g/mol. The predicted molar refractivity (Wildman–Crippen MR) is 113 cm³/mol. The second-order valence-electron chi connectivity index (χ2n) is 5.92. The molecule has 0 saturated heterocycles. The van der Waals surface area contributed by atoms with Crippen molar-refractivity contribution in [3.8, 4) is 5.69 Å². The number of benzene rings is 2. The fourth-order valence-corrected chi connectivity index (χ4v) is 5.20. The van der Waals surface area contributed by atoms with Gasteiger partial charge in [-0.15, -0.1) is 5.10 Å². The molecule has 32 heavy (non-hydrogen) atoms. The van der Waals surface area contributed by atoms with E-state index in [2.05, 4.69) is 10.3 Å². The van der Waals surface area contributed by atoms with Gasteiger partial charge < -0.3 is 0 Å². The van der Waals surface area contributed by atoms with E-state index in [0.717, 1.165) is 30.3 Å². The fraction of sp³-hybridized carbons (Fsp3) is 0.0625. The Labute approximate surface area is 203 Å². The standard InChI is InChI=1S/C16H6Cl5F3N4O3S/c17-6-1-2-11(8(19)3-6)32(30,31)26-15(29)12-14(16(22,23)24)28(27-25-12)13-9(20)4-7(18)5-10(13)21/h1-5H,(H,26,29). The molecule has 0 atom stereocenters. The number of nitrogens with one attached hydrogen (secondary N) is 1. The average molecular weight is 569 g/mol. The van der Waals surface area contributed by atoms with E-state index < -0.39 is 44.1 Å². The van der Waals surface area contributed by atoms with Gasteiger partial charge in [0, 0.05) is 10.0 Å². The van der Waals surface area contributed by atoms with Crippen LogP contribution >= 0.6 is 58.0 Å². The van der Waals surface area contributed by atoms with Crippen molar-refractivity contribution in [2.24, 2.45) is 0 Å². The molecule has 0 unspecified atom stereocenters. The normalized spacial score (nSPS) is 12.1. The molecule has 0 saturated carbocycles. The molecule has 0 aliphatic carbocycles. The summed E-state index contributed by atoms with van der Waals surface area (Å²) >= 11 is 29.2. The smallest absolute Gasteiger partial charge is 0.266 e. The van der Waals surface area contributed by atoms with E-state index in [1.165, 1.54) is 4.72 Å². The van der Waals surface area contributed by atoms with E-state index in [1.807, 2.05) is 0 Å². The quantitative estimate of drug-likeness (QED) is 0.438. The van der Waals surface area contributed by atoms with Gasteiger partial charge in [-0.3, -0.25) is 4.79 Å². The molecule has 0 aliphatic rings. The number of carbonyl (C=O) groups is 1. The van der Waals surface area contributed by atoms with Crippen molar-refractivity contribution in [2.75, 3.05) is 0 Å². The van der Waals surface area contributed by atoms with Crippen molar-refractivity contribution in [2.45, 2.75) is 11.1 Å². The second-order valence-corrected chi connectivity index (χ2v) is 9.67. The summed E-state index contributed by atoms with van der Waals surface area (Å²) in [6.45, 7) is 0. The van der Waals surface area contributed by atoms with Crippen molar-refractivity contribution in [3.63, 3.8) is 0 Å². The number of halogens is 8. The highest BCUT2D eigenvalue weighted by Crippen LogP contribution is 2.38. The van der Waals surface area contributed by atoms with Crippen LogP contribution in [0.2, 0.25) is 25.1 Å². The van der Waals surface area contributed by atoms with E-state index in [4.69, 9.17) is 58.0 Å². The maximum atomic E-state index is 13.8. The summed E-state index contributed by atoms with van der Waals surface area (Å²) in [5.74, 6) is -1.73. The summed E-state index contributed by atoms with van der Waals surface area (Å²) in [5, 5.41) is 5.59. The highest BCUT2D eigenvalue weighted by atomic mass is 35.5. The number of hydrogen-bond acceptors (Lipinski definition) is 5. The molecule has 1 heterocycles. The molecule has 0 fully saturated rings. The van der Waals surface area contributed by atoms with Gasteiger partial charge in [0.25, 0.3) is 15.9 Å².